The minimum absolute atomic E-state index is 0.00579. The van der Waals surface area contributed by atoms with Gasteiger partial charge in [0.15, 0.2) is 0 Å². The molecule has 0 bridgehead atoms. The molecule has 0 radical (unpaired) electrons. The van der Waals surface area contributed by atoms with Gasteiger partial charge < -0.3 is 15.2 Å². The molecule has 6 nitrogen and oxygen atoms in total. The number of hydrogen-bond donors (Lipinski definition) is 3. The van der Waals surface area contributed by atoms with Gasteiger partial charge in [0, 0.05) is 12.3 Å². The summed E-state index contributed by atoms with van der Waals surface area (Å²) in [5.74, 6) is -2.45. The van der Waals surface area contributed by atoms with Crippen molar-refractivity contribution >= 4 is 11.9 Å². The predicted octanol–water partition coefficient (Wildman–Crippen LogP) is -0.300. The summed E-state index contributed by atoms with van der Waals surface area (Å²) in [5.41, 5.74) is -0.730. The maximum Gasteiger partial charge on any atom is 0.337 e. The number of nitrogens with one attached hydrogen (secondary N) is 1. The molecule has 1 heterocycles. The lowest BCUT2D eigenvalue weighted by molar-refractivity contribution is -0.136. The molecular weight excluding hydrogens is 190 g/mol. The highest BCUT2D eigenvalue weighted by Gasteiger charge is 2.12. The molecule has 6 heteroatoms. The van der Waals surface area contributed by atoms with Gasteiger partial charge in [-0.25, -0.2) is 4.79 Å². The molecule has 0 spiro atoms. The molecule has 74 valence electrons. The van der Waals surface area contributed by atoms with Gasteiger partial charge in [-0.15, -0.1) is 0 Å². The lowest BCUT2D eigenvalue weighted by Gasteiger charge is -2.00. The molecule has 1 rings (SSSR count). The average Bonchev–Trinajstić information content (AvgIpc) is 2.01. The highest BCUT2D eigenvalue weighted by molar-refractivity contribution is 5.90. The molecule has 0 aliphatic heterocycles. The minimum Gasteiger partial charge on any atom is -0.481 e. The number of rotatable bonds is 3. The molecule has 0 aliphatic carbocycles. The van der Waals surface area contributed by atoms with Crippen LogP contribution in [0.5, 0.6) is 0 Å². The summed E-state index contributed by atoms with van der Waals surface area (Å²) in [6, 6.07) is 0.970. The summed E-state index contributed by atoms with van der Waals surface area (Å²) in [5, 5.41) is 17.1. The molecule has 0 amide bonds. The van der Waals surface area contributed by atoms with E-state index in [1.807, 2.05) is 0 Å². The van der Waals surface area contributed by atoms with Crippen molar-refractivity contribution in [2.24, 2.45) is 0 Å². The van der Waals surface area contributed by atoms with E-state index < -0.39 is 23.9 Å². The van der Waals surface area contributed by atoms with Crippen LogP contribution in [0.15, 0.2) is 17.1 Å². The number of carbonyl (C=O) groups is 2. The van der Waals surface area contributed by atoms with Crippen LogP contribution >= 0.6 is 0 Å². The van der Waals surface area contributed by atoms with E-state index in [2.05, 4.69) is 4.98 Å². The van der Waals surface area contributed by atoms with Crippen molar-refractivity contribution in [1.29, 1.82) is 0 Å². The van der Waals surface area contributed by atoms with E-state index in [1.54, 1.807) is 0 Å². The third kappa shape index (κ3) is 2.19. The maximum absolute atomic E-state index is 10.8. The van der Waals surface area contributed by atoms with Gasteiger partial charge in [0.25, 0.3) is 0 Å². The van der Waals surface area contributed by atoms with E-state index in [4.69, 9.17) is 10.2 Å². The number of aromatic nitrogens is 1. The van der Waals surface area contributed by atoms with E-state index in [0.29, 0.717) is 0 Å². The van der Waals surface area contributed by atoms with Gasteiger partial charge in [-0.1, -0.05) is 0 Å². The highest BCUT2D eigenvalue weighted by Crippen LogP contribution is 2.05. The normalized spacial score (nSPS) is 9.71. The van der Waals surface area contributed by atoms with Gasteiger partial charge in [-0.2, -0.15) is 0 Å². The van der Waals surface area contributed by atoms with Crippen molar-refractivity contribution in [3.05, 3.63) is 33.7 Å². The van der Waals surface area contributed by atoms with E-state index in [0.717, 1.165) is 12.3 Å². The Balaban J connectivity index is 3.22. The summed E-state index contributed by atoms with van der Waals surface area (Å²) in [6.07, 6.45) is 0.508. The first kappa shape index (κ1) is 9.97. The summed E-state index contributed by atoms with van der Waals surface area (Å²) < 4.78 is 0. The Morgan fingerprint density at radius 3 is 2.50 bits per heavy atom. The van der Waals surface area contributed by atoms with E-state index in [-0.39, 0.29) is 11.1 Å². The fourth-order valence-corrected chi connectivity index (χ4v) is 1.02. The van der Waals surface area contributed by atoms with Crippen molar-refractivity contribution < 1.29 is 19.8 Å². The Hall–Kier alpha value is -2.11. The fourth-order valence-electron chi connectivity index (χ4n) is 1.02. The van der Waals surface area contributed by atoms with Crippen molar-refractivity contribution in [2.75, 3.05) is 0 Å². The van der Waals surface area contributed by atoms with Gasteiger partial charge in [0.1, 0.15) is 0 Å². The first-order chi connectivity index (χ1) is 6.50. The lowest BCUT2D eigenvalue weighted by Crippen LogP contribution is -2.14. The molecular formula is C8H7NO5. The molecule has 0 atom stereocenters. The Labute approximate surface area is 77.8 Å². The van der Waals surface area contributed by atoms with Crippen molar-refractivity contribution in [3.63, 3.8) is 0 Å². The number of carboxylic acid groups (broad SMARTS) is 2. The number of carboxylic acids is 2. The van der Waals surface area contributed by atoms with Crippen LogP contribution in [0.3, 0.4) is 0 Å². The number of pyridine rings is 1. The third-order valence-electron chi connectivity index (χ3n) is 1.58. The number of H-pyrrole nitrogens is 1. The second kappa shape index (κ2) is 3.73. The van der Waals surface area contributed by atoms with Crippen molar-refractivity contribution in [2.45, 2.75) is 6.42 Å². The first-order valence-corrected chi connectivity index (χ1v) is 3.67. The van der Waals surface area contributed by atoms with Gasteiger partial charge in [0.05, 0.1) is 12.0 Å². The largest absolute Gasteiger partial charge is 0.481 e. The average molecular weight is 197 g/mol. The lowest BCUT2D eigenvalue weighted by atomic mass is 10.1. The summed E-state index contributed by atoms with van der Waals surface area (Å²) in [4.78, 5) is 33.9. The second-order valence-electron chi connectivity index (χ2n) is 2.61. The smallest absolute Gasteiger partial charge is 0.337 e. The van der Waals surface area contributed by atoms with E-state index in [9.17, 15) is 14.4 Å². The van der Waals surface area contributed by atoms with Gasteiger partial charge >= 0.3 is 11.9 Å². The van der Waals surface area contributed by atoms with E-state index in [1.165, 1.54) is 0 Å². The Bertz CT molecular complexity index is 434. The topological polar surface area (TPSA) is 107 Å². The van der Waals surface area contributed by atoms with Gasteiger partial charge in [-0.3, -0.25) is 9.59 Å². The number of hydrogen-bond acceptors (Lipinski definition) is 3. The number of aliphatic carboxylic acids is 1. The zero-order valence-electron chi connectivity index (χ0n) is 6.98. The van der Waals surface area contributed by atoms with Crippen LogP contribution in [0, 0.1) is 0 Å². The molecule has 0 saturated carbocycles. The van der Waals surface area contributed by atoms with Crippen LogP contribution in [0.4, 0.5) is 0 Å². The summed E-state index contributed by atoms with van der Waals surface area (Å²) in [6.45, 7) is 0. The van der Waals surface area contributed by atoms with Crippen LogP contribution in [0.25, 0.3) is 0 Å². The first-order valence-electron chi connectivity index (χ1n) is 3.67. The van der Waals surface area contributed by atoms with Crippen molar-refractivity contribution in [1.82, 2.24) is 4.98 Å². The second-order valence-corrected chi connectivity index (χ2v) is 2.61. The zero-order chi connectivity index (χ0) is 10.7. The molecule has 1 aromatic rings. The Morgan fingerprint density at radius 2 is 2.00 bits per heavy atom. The molecule has 0 aliphatic rings. The molecule has 0 aromatic carbocycles. The van der Waals surface area contributed by atoms with Crippen LogP contribution in [0.1, 0.15) is 15.9 Å². The molecule has 0 fully saturated rings. The maximum atomic E-state index is 10.8. The van der Waals surface area contributed by atoms with Crippen LogP contribution in [0.2, 0.25) is 0 Å². The quantitative estimate of drug-likeness (QED) is 0.616. The third-order valence-corrected chi connectivity index (χ3v) is 1.58. The van der Waals surface area contributed by atoms with Crippen LogP contribution < -0.4 is 5.56 Å². The van der Waals surface area contributed by atoms with E-state index >= 15 is 0 Å². The SMILES string of the molecule is O=C(O)Cc1cc(=O)[nH]cc1C(=O)O. The van der Waals surface area contributed by atoms with Crippen LogP contribution in [-0.4, -0.2) is 27.1 Å². The Morgan fingerprint density at radius 1 is 1.36 bits per heavy atom. The zero-order valence-corrected chi connectivity index (χ0v) is 6.98. The molecule has 3 N–H and O–H groups in total. The van der Waals surface area contributed by atoms with Crippen LogP contribution in [-0.2, 0) is 11.2 Å². The number of aromatic amines is 1. The Kier molecular flexibility index (Phi) is 2.66. The molecule has 1 aromatic heterocycles. The summed E-state index contributed by atoms with van der Waals surface area (Å²) >= 11 is 0. The number of aromatic carboxylic acids is 1. The molecule has 0 saturated heterocycles. The molecule has 0 unspecified atom stereocenters. The fraction of sp³-hybridized carbons (Fsp3) is 0.125. The standard InChI is InChI=1S/C8H7NO5/c10-6-1-4(2-7(11)12)5(3-9-6)8(13)14/h1,3H,2H2,(H,9,10)(H,11,12)(H,13,14). The minimum atomic E-state index is -1.27. The monoisotopic (exact) mass is 197 g/mol. The van der Waals surface area contributed by atoms with Gasteiger partial charge in [-0.05, 0) is 5.56 Å². The van der Waals surface area contributed by atoms with Crippen molar-refractivity contribution in [3.8, 4) is 0 Å². The highest BCUT2D eigenvalue weighted by atomic mass is 16.4. The summed E-state index contributed by atoms with van der Waals surface area (Å²) in [7, 11) is 0. The van der Waals surface area contributed by atoms with Gasteiger partial charge in [0.2, 0.25) is 5.56 Å². The predicted molar refractivity (Wildman–Crippen MR) is 45.4 cm³/mol. The molecule has 14 heavy (non-hydrogen) atoms.